The van der Waals surface area contributed by atoms with Gasteiger partial charge in [-0.05, 0) is 24.3 Å². The standard InChI is InChI=1S/C15H14ClN5O/c1-18-15-19-7-8-5-11(14(22)21(2)13(8)20-15)10-6-9(17)3-4-12(10)16/h3-7H,17H2,1-2H3,(H,18,19,20). The third-order valence-electron chi connectivity index (χ3n) is 3.45. The maximum atomic E-state index is 12.6. The average Bonchev–Trinajstić information content (AvgIpc) is 2.53. The van der Waals surface area contributed by atoms with Crippen molar-refractivity contribution in [3.8, 4) is 11.1 Å². The second-order valence-corrected chi connectivity index (χ2v) is 5.29. The van der Waals surface area contributed by atoms with E-state index in [2.05, 4.69) is 15.3 Å². The van der Waals surface area contributed by atoms with Gasteiger partial charge in [0.25, 0.3) is 5.56 Å². The number of pyridine rings is 1. The Labute approximate surface area is 131 Å². The third kappa shape index (κ3) is 2.27. The Morgan fingerprint density at radius 1 is 1.27 bits per heavy atom. The summed E-state index contributed by atoms with van der Waals surface area (Å²) >= 11 is 6.21. The molecule has 0 spiro atoms. The van der Waals surface area contributed by atoms with Gasteiger partial charge in [0.15, 0.2) is 0 Å². The molecule has 0 amide bonds. The van der Waals surface area contributed by atoms with Crippen molar-refractivity contribution in [2.24, 2.45) is 7.05 Å². The number of aryl methyl sites for hydroxylation is 1. The minimum atomic E-state index is -0.194. The number of hydrogen-bond donors (Lipinski definition) is 2. The fourth-order valence-electron chi connectivity index (χ4n) is 2.31. The molecule has 0 aliphatic heterocycles. The molecule has 112 valence electrons. The summed E-state index contributed by atoms with van der Waals surface area (Å²) in [5.74, 6) is 0.456. The molecule has 0 aliphatic carbocycles. The molecule has 0 bridgehead atoms. The van der Waals surface area contributed by atoms with Gasteiger partial charge in [-0.25, -0.2) is 4.98 Å². The number of anilines is 2. The second kappa shape index (κ2) is 5.31. The zero-order valence-corrected chi connectivity index (χ0v) is 12.8. The lowest BCUT2D eigenvalue weighted by Crippen LogP contribution is -2.20. The molecular formula is C15H14ClN5O. The molecule has 0 unspecified atom stereocenters. The van der Waals surface area contributed by atoms with Crippen LogP contribution in [0.15, 0.2) is 35.3 Å². The van der Waals surface area contributed by atoms with Crippen molar-refractivity contribution in [3.63, 3.8) is 0 Å². The molecule has 3 N–H and O–H groups in total. The number of halogens is 1. The normalized spacial score (nSPS) is 10.9. The van der Waals surface area contributed by atoms with Crippen molar-refractivity contribution in [2.45, 2.75) is 0 Å². The molecule has 3 rings (SSSR count). The Bertz CT molecular complexity index is 935. The van der Waals surface area contributed by atoms with Gasteiger partial charge in [-0.15, -0.1) is 0 Å². The Balaban J connectivity index is 2.34. The van der Waals surface area contributed by atoms with Crippen molar-refractivity contribution < 1.29 is 0 Å². The fraction of sp³-hybridized carbons (Fsp3) is 0.133. The highest BCUT2D eigenvalue weighted by atomic mass is 35.5. The van der Waals surface area contributed by atoms with Crippen LogP contribution in [-0.4, -0.2) is 21.6 Å². The number of rotatable bonds is 2. The van der Waals surface area contributed by atoms with Gasteiger partial charge in [0.2, 0.25) is 5.95 Å². The van der Waals surface area contributed by atoms with Gasteiger partial charge in [0.1, 0.15) is 5.65 Å². The van der Waals surface area contributed by atoms with Crippen LogP contribution in [0.2, 0.25) is 5.02 Å². The van der Waals surface area contributed by atoms with Gasteiger partial charge in [-0.3, -0.25) is 9.36 Å². The lowest BCUT2D eigenvalue weighted by Gasteiger charge is -2.10. The molecule has 22 heavy (non-hydrogen) atoms. The summed E-state index contributed by atoms with van der Waals surface area (Å²) in [6, 6.07) is 6.79. The number of hydrogen-bond acceptors (Lipinski definition) is 5. The number of nitrogens with one attached hydrogen (secondary N) is 1. The van der Waals surface area contributed by atoms with Crippen molar-refractivity contribution >= 4 is 34.3 Å². The predicted octanol–water partition coefficient (Wildman–Crippen LogP) is 2.27. The number of nitrogens with zero attached hydrogens (tertiary/aromatic N) is 3. The minimum absolute atomic E-state index is 0.194. The topological polar surface area (TPSA) is 85.8 Å². The van der Waals surface area contributed by atoms with E-state index in [1.54, 1.807) is 44.6 Å². The molecule has 1 aromatic carbocycles. The molecule has 0 aliphatic rings. The third-order valence-corrected chi connectivity index (χ3v) is 3.78. The van der Waals surface area contributed by atoms with E-state index in [1.165, 1.54) is 4.57 Å². The van der Waals surface area contributed by atoms with Crippen molar-refractivity contribution in [2.75, 3.05) is 18.1 Å². The van der Waals surface area contributed by atoms with Crippen LogP contribution in [0.3, 0.4) is 0 Å². The van der Waals surface area contributed by atoms with Gasteiger partial charge < -0.3 is 11.1 Å². The van der Waals surface area contributed by atoms with Crippen LogP contribution in [0.4, 0.5) is 11.6 Å². The van der Waals surface area contributed by atoms with E-state index in [4.69, 9.17) is 17.3 Å². The summed E-state index contributed by atoms with van der Waals surface area (Å²) in [4.78, 5) is 21.1. The lowest BCUT2D eigenvalue weighted by atomic mass is 10.1. The van der Waals surface area contributed by atoms with Crippen LogP contribution >= 0.6 is 11.6 Å². The zero-order valence-electron chi connectivity index (χ0n) is 12.1. The first-order valence-corrected chi connectivity index (χ1v) is 6.99. The molecule has 0 saturated carbocycles. The van der Waals surface area contributed by atoms with Gasteiger partial charge in [0.05, 0.1) is 0 Å². The molecule has 2 heterocycles. The Morgan fingerprint density at radius 3 is 2.77 bits per heavy atom. The highest BCUT2D eigenvalue weighted by molar-refractivity contribution is 6.33. The van der Waals surface area contributed by atoms with Crippen molar-refractivity contribution in [1.82, 2.24) is 14.5 Å². The highest BCUT2D eigenvalue weighted by Gasteiger charge is 2.13. The molecule has 0 fully saturated rings. The van der Waals surface area contributed by atoms with E-state index in [-0.39, 0.29) is 5.56 Å². The summed E-state index contributed by atoms with van der Waals surface area (Å²) in [5, 5.41) is 4.07. The SMILES string of the molecule is CNc1ncc2cc(-c3cc(N)ccc3Cl)c(=O)n(C)c2n1. The number of nitrogen functional groups attached to an aromatic ring is 1. The largest absolute Gasteiger partial charge is 0.399 e. The number of nitrogens with two attached hydrogens (primary N) is 1. The minimum Gasteiger partial charge on any atom is -0.399 e. The summed E-state index contributed by atoms with van der Waals surface area (Å²) < 4.78 is 1.48. The van der Waals surface area contributed by atoms with E-state index >= 15 is 0 Å². The second-order valence-electron chi connectivity index (χ2n) is 4.88. The Morgan fingerprint density at radius 2 is 2.05 bits per heavy atom. The zero-order chi connectivity index (χ0) is 15.9. The van der Waals surface area contributed by atoms with Crippen LogP contribution in [0.5, 0.6) is 0 Å². The first kappa shape index (κ1) is 14.3. The lowest BCUT2D eigenvalue weighted by molar-refractivity contribution is 0.886. The van der Waals surface area contributed by atoms with E-state index in [1.807, 2.05) is 0 Å². The van der Waals surface area contributed by atoms with Crippen LogP contribution in [0.25, 0.3) is 22.2 Å². The van der Waals surface area contributed by atoms with Gasteiger partial charge >= 0.3 is 0 Å². The number of benzene rings is 1. The first-order chi connectivity index (χ1) is 10.5. The smallest absolute Gasteiger partial charge is 0.259 e. The summed E-state index contributed by atoms with van der Waals surface area (Å²) in [5.41, 5.74) is 7.77. The van der Waals surface area contributed by atoms with Crippen LogP contribution < -0.4 is 16.6 Å². The first-order valence-electron chi connectivity index (χ1n) is 6.61. The molecule has 0 radical (unpaired) electrons. The van der Waals surface area contributed by atoms with Gasteiger partial charge in [0, 0.05) is 47.5 Å². The van der Waals surface area contributed by atoms with Gasteiger partial charge in [-0.2, -0.15) is 4.98 Å². The van der Waals surface area contributed by atoms with Crippen LogP contribution in [0, 0.1) is 0 Å². The van der Waals surface area contributed by atoms with Crippen LogP contribution in [0.1, 0.15) is 0 Å². The average molecular weight is 316 g/mol. The summed E-state index contributed by atoms with van der Waals surface area (Å²) in [7, 11) is 3.39. The fourth-order valence-corrected chi connectivity index (χ4v) is 2.53. The molecule has 6 nitrogen and oxygen atoms in total. The molecular weight excluding hydrogens is 302 g/mol. The number of fused-ring (bicyclic) bond motifs is 1. The molecule has 7 heteroatoms. The predicted molar refractivity (Wildman–Crippen MR) is 89.2 cm³/mol. The van der Waals surface area contributed by atoms with E-state index in [0.717, 1.165) is 5.39 Å². The molecule has 0 saturated heterocycles. The van der Waals surface area contributed by atoms with Gasteiger partial charge in [-0.1, -0.05) is 11.6 Å². The summed E-state index contributed by atoms with van der Waals surface area (Å²) in [6.07, 6.45) is 1.66. The Kier molecular flexibility index (Phi) is 3.46. The van der Waals surface area contributed by atoms with Crippen molar-refractivity contribution in [1.29, 1.82) is 0 Å². The van der Waals surface area contributed by atoms with E-state index < -0.39 is 0 Å². The molecule has 0 atom stereocenters. The van der Waals surface area contributed by atoms with Crippen LogP contribution in [-0.2, 0) is 7.05 Å². The number of aromatic nitrogens is 3. The maximum Gasteiger partial charge on any atom is 0.259 e. The monoisotopic (exact) mass is 315 g/mol. The van der Waals surface area contributed by atoms with E-state index in [0.29, 0.717) is 33.4 Å². The van der Waals surface area contributed by atoms with E-state index in [9.17, 15) is 4.79 Å². The summed E-state index contributed by atoms with van der Waals surface area (Å²) in [6.45, 7) is 0. The Hall–Kier alpha value is -2.60. The quantitative estimate of drug-likeness (QED) is 0.709. The molecule has 2 aromatic heterocycles. The van der Waals surface area contributed by atoms with Crippen molar-refractivity contribution in [3.05, 3.63) is 45.8 Å². The molecule has 3 aromatic rings. The maximum absolute atomic E-state index is 12.6. The highest BCUT2D eigenvalue weighted by Crippen LogP contribution is 2.29.